The summed E-state index contributed by atoms with van der Waals surface area (Å²) in [4.78, 5) is 33.7. The number of rotatable bonds is 3. The summed E-state index contributed by atoms with van der Waals surface area (Å²) in [6, 6.07) is 1.13. The van der Waals surface area contributed by atoms with Crippen LogP contribution < -0.4 is 5.56 Å². The van der Waals surface area contributed by atoms with E-state index in [-0.39, 0.29) is 22.5 Å². The summed E-state index contributed by atoms with van der Waals surface area (Å²) in [6.07, 6.45) is 1.08. The van der Waals surface area contributed by atoms with Crippen molar-refractivity contribution in [1.29, 1.82) is 0 Å². The van der Waals surface area contributed by atoms with Gasteiger partial charge in [0.25, 0.3) is 11.2 Å². The van der Waals surface area contributed by atoms with Crippen molar-refractivity contribution in [3.05, 3.63) is 37.2 Å². The van der Waals surface area contributed by atoms with E-state index in [9.17, 15) is 19.7 Å². The van der Waals surface area contributed by atoms with Crippen LogP contribution in [0.25, 0.3) is 0 Å². The zero-order valence-corrected chi connectivity index (χ0v) is 11.9. The maximum Gasteiger partial charge on any atom is 0.286 e. The highest BCUT2D eigenvalue weighted by molar-refractivity contribution is 9.10. The molecule has 1 aromatic heterocycles. The molecular weight excluding hydrogens is 304 g/mol. The number of hydrogen-bond donors (Lipinski definition) is 0. The Balaban J connectivity index is 3.21. The van der Waals surface area contributed by atoms with Crippen molar-refractivity contribution >= 4 is 27.4 Å². The number of hydrogen-bond acceptors (Lipinski definition) is 4. The van der Waals surface area contributed by atoms with E-state index in [0.717, 1.165) is 16.8 Å². The number of ketones is 1. The van der Waals surface area contributed by atoms with Crippen molar-refractivity contribution in [2.45, 2.75) is 27.3 Å². The van der Waals surface area contributed by atoms with Crippen LogP contribution in [0.3, 0.4) is 0 Å². The summed E-state index contributed by atoms with van der Waals surface area (Å²) < 4.78 is 1.12. The van der Waals surface area contributed by atoms with E-state index in [1.54, 1.807) is 20.8 Å². The molecule has 98 valence electrons. The molecule has 0 saturated heterocycles. The first-order valence-electron chi connectivity index (χ1n) is 5.20. The largest absolute Gasteiger partial charge is 0.300 e. The lowest BCUT2D eigenvalue weighted by Crippen LogP contribution is -2.30. The van der Waals surface area contributed by atoms with Crippen molar-refractivity contribution in [3.8, 4) is 0 Å². The predicted molar refractivity (Wildman–Crippen MR) is 69.5 cm³/mol. The molecule has 0 aliphatic rings. The van der Waals surface area contributed by atoms with Crippen molar-refractivity contribution < 1.29 is 9.72 Å². The summed E-state index contributed by atoms with van der Waals surface area (Å²) in [7, 11) is 0. The quantitative estimate of drug-likeness (QED) is 0.631. The number of halogens is 1. The van der Waals surface area contributed by atoms with Crippen LogP contribution in [0.5, 0.6) is 0 Å². The van der Waals surface area contributed by atoms with Crippen LogP contribution in [0.15, 0.2) is 21.5 Å². The average Bonchev–Trinajstić information content (AvgIpc) is 2.22. The number of pyridine rings is 1. The Morgan fingerprint density at radius 3 is 2.50 bits per heavy atom. The van der Waals surface area contributed by atoms with E-state index in [1.165, 1.54) is 0 Å². The van der Waals surface area contributed by atoms with Gasteiger partial charge in [-0.15, -0.1) is 0 Å². The number of carbonyl (C=O) groups is 1. The summed E-state index contributed by atoms with van der Waals surface area (Å²) in [5.41, 5.74) is -1.29. The van der Waals surface area contributed by atoms with Gasteiger partial charge in [0.1, 0.15) is 0 Å². The fourth-order valence-electron chi connectivity index (χ4n) is 1.19. The van der Waals surface area contributed by atoms with Gasteiger partial charge < -0.3 is 4.57 Å². The second-order valence-electron chi connectivity index (χ2n) is 4.91. The van der Waals surface area contributed by atoms with Crippen LogP contribution in [0.2, 0.25) is 0 Å². The smallest absolute Gasteiger partial charge is 0.286 e. The first kappa shape index (κ1) is 14.6. The molecule has 0 aliphatic heterocycles. The molecule has 0 atom stereocenters. The van der Waals surface area contributed by atoms with Gasteiger partial charge in [-0.1, -0.05) is 20.8 Å². The molecule has 0 amide bonds. The van der Waals surface area contributed by atoms with Crippen LogP contribution in [-0.2, 0) is 11.3 Å². The van der Waals surface area contributed by atoms with Gasteiger partial charge >= 0.3 is 0 Å². The zero-order chi connectivity index (χ0) is 14.1. The third kappa shape index (κ3) is 3.25. The molecule has 0 fully saturated rings. The fraction of sp³-hybridized carbons (Fsp3) is 0.455. The molecule has 0 aromatic carbocycles. The van der Waals surface area contributed by atoms with Crippen LogP contribution in [0.4, 0.5) is 5.69 Å². The third-order valence-corrected chi connectivity index (χ3v) is 2.96. The van der Waals surface area contributed by atoms with Crippen LogP contribution in [-0.4, -0.2) is 15.3 Å². The van der Waals surface area contributed by atoms with Gasteiger partial charge in [0, 0.05) is 11.5 Å². The standard InChI is InChI=1S/C11H13BrN2O4/c1-11(2,3)9(15)6-13-5-7(14(17)18)4-8(12)10(13)16/h4-5H,6H2,1-3H3. The minimum absolute atomic E-state index is 0.0680. The Bertz CT molecular complexity index is 557. The minimum atomic E-state index is -0.609. The Kier molecular flexibility index (Phi) is 4.05. The van der Waals surface area contributed by atoms with Gasteiger partial charge in [-0.2, -0.15) is 0 Å². The number of nitrogens with zero attached hydrogens (tertiary/aromatic N) is 2. The molecule has 1 heterocycles. The molecule has 1 aromatic rings. The molecule has 18 heavy (non-hydrogen) atoms. The van der Waals surface area contributed by atoms with E-state index in [4.69, 9.17) is 0 Å². The molecule has 0 spiro atoms. The SMILES string of the molecule is CC(C)(C)C(=O)Cn1cc([N+](=O)[O-])cc(Br)c1=O. The second kappa shape index (κ2) is 5.01. The molecule has 0 aliphatic carbocycles. The van der Waals surface area contributed by atoms with Gasteiger partial charge in [0.05, 0.1) is 22.1 Å². The van der Waals surface area contributed by atoms with E-state index >= 15 is 0 Å². The molecule has 0 unspecified atom stereocenters. The van der Waals surface area contributed by atoms with Crippen molar-refractivity contribution in [2.75, 3.05) is 0 Å². The molecule has 0 saturated carbocycles. The lowest BCUT2D eigenvalue weighted by molar-refractivity contribution is -0.385. The van der Waals surface area contributed by atoms with Crippen molar-refractivity contribution in [3.63, 3.8) is 0 Å². The minimum Gasteiger partial charge on any atom is -0.300 e. The number of aromatic nitrogens is 1. The van der Waals surface area contributed by atoms with Gasteiger partial charge in [-0.05, 0) is 15.9 Å². The predicted octanol–water partition coefficient (Wildman–Crippen LogP) is 2.13. The third-order valence-electron chi connectivity index (χ3n) is 2.39. The first-order chi connectivity index (χ1) is 8.12. The van der Waals surface area contributed by atoms with Crippen LogP contribution >= 0.6 is 15.9 Å². The highest BCUT2D eigenvalue weighted by atomic mass is 79.9. The van der Waals surface area contributed by atoms with E-state index in [0.29, 0.717) is 0 Å². The maximum atomic E-state index is 11.8. The van der Waals surface area contributed by atoms with Gasteiger partial charge in [-0.25, -0.2) is 0 Å². The Morgan fingerprint density at radius 2 is 2.06 bits per heavy atom. The Hall–Kier alpha value is -1.50. The van der Waals surface area contributed by atoms with E-state index < -0.39 is 15.9 Å². The molecule has 0 bridgehead atoms. The number of carbonyl (C=O) groups excluding carboxylic acids is 1. The average molecular weight is 317 g/mol. The first-order valence-corrected chi connectivity index (χ1v) is 6.00. The highest BCUT2D eigenvalue weighted by Gasteiger charge is 2.23. The summed E-state index contributed by atoms with van der Waals surface area (Å²) >= 11 is 2.96. The van der Waals surface area contributed by atoms with Gasteiger partial charge in [0.2, 0.25) is 0 Å². The van der Waals surface area contributed by atoms with Crippen molar-refractivity contribution in [2.24, 2.45) is 5.41 Å². The van der Waals surface area contributed by atoms with Gasteiger partial charge in [-0.3, -0.25) is 19.7 Å². The monoisotopic (exact) mass is 316 g/mol. The lowest BCUT2D eigenvalue weighted by atomic mass is 9.91. The number of nitro groups is 1. The maximum absolute atomic E-state index is 11.8. The van der Waals surface area contributed by atoms with Crippen LogP contribution in [0.1, 0.15) is 20.8 Å². The molecule has 7 heteroatoms. The zero-order valence-electron chi connectivity index (χ0n) is 10.3. The van der Waals surface area contributed by atoms with E-state index in [1.807, 2.05) is 0 Å². The Morgan fingerprint density at radius 1 is 1.50 bits per heavy atom. The molecule has 0 radical (unpaired) electrons. The summed E-state index contributed by atoms with van der Waals surface area (Å²) in [6.45, 7) is 5.01. The molecule has 0 N–H and O–H groups in total. The van der Waals surface area contributed by atoms with E-state index in [2.05, 4.69) is 15.9 Å². The fourth-order valence-corrected chi connectivity index (χ4v) is 1.66. The van der Waals surface area contributed by atoms with Crippen LogP contribution in [0, 0.1) is 15.5 Å². The van der Waals surface area contributed by atoms with Crippen molar-refractivity contribution in [1.82, 2.24) is 4.57 Å². The summed E-state index contributed by atoms with van der Waals surface area (Å²) in [5.74, 6) is -0.169. The normalized spacial score (nSPS) is 11.3. The second-order valence-corrected chi connectivity index (χ2v) is 5.76. The lowest BCUT2D eigenvalue weighted by Gasteiger charge is -2.17. The molecular formula is C11H13BrN2O4. The number of Topliss-reactive ketones (excluding diaryl/α,β-unsaturated/α-hetero) is 1. The Labute approximate surface area is 112 Å². The van der Waals surface area contributed by atoms with Gasteiger partial charge in [0.15, 0.2) is 5.78 Å². The topological polar surface area (TPSA) is 82.2 Å². The highest BCUT2D eigenvalue weighted by Crippen LogP contribution is 2.18. The molecule has 1 rings (SSSR count). The molecule has 6 nitrogen and oxygen atoms in total. The summed E-state index contributed by atoms with van der Waals surface area (Å²) in [5, 5.41) is 10.7.